The molecule has 0 radical (unpaired) electrons. The molecule has 8 heteroatoms. The summed E-state index contributed by atoms with van der Waals surface area (Å²) in [6.45, 7) is 3.17. The second-order valence-corrected chi connectivity index (χ2v) is 5.97. The van der Waals surface area contributed by atoms with E-state index in [0.717, 1.165) is 29.2 Å². The molecular weight excluding hydrogens is 371 g/mol. The lowest BCUT2D eigenvalue weighted by Crippen LogP contribution is -2.45. The number of rotatable bonds is 3. The number of likely N-dealkylation sites (N-methyl/N-ethyl adjacent to an activating group) is 1. The van der Waals surface area contributed by atoms with Crippen LogP contribution in [0.15, 0.2) is 24.3 Å². The first-order chi connectivity index (χ1) is 10.6. The van der Waals surface area contributed by atoms with Crippen molar-refractivity contribution in [3.05, 3.63) is 40.7 Å². The standard InChI is InChI=1S/C16H19ClN4O.2ClH/c1-10(18-2)16(22)21-8-7-13-14(9-21)20-15(19-13)11-3-5-12(17)6-4-11;;/h3-6,10,18H,7-9H2,1-2H3,(H,19,20);2*1H/t10-;;/m0../s1. The van der Waals surface area contributed by atoms with Gasteiger partial charge in [-0.05, 0) is 38.2 Å². The van der Waals surface area contributed by atoms with E-state index < -0.39 is 0 Å². The maximum absolute atomic E-state index is 12.3. The van der Waals surface area contributed by atoms with Gasteiger partial charge in [0.05, 0.1) is 24.0 Å². The number of hydrogen-bond donors (Lipinski definition) is 2. The molecule has 0 unspecified atom stereocenters. The van der Waals surface area contributed by atoms with E-state index in [0.29, 0.717) is 18.1 Å². The maximum Gasteiger partial charge on any atom is 0.239 e. The highest BCUT2D eigenvalue weighted by Crippen LogP contribution is 2.24. The fraction of sp³-hybridized carbons (Fsp3) is 0.375. The molecule has 1 amide bonds. The van der Waals surface area contributed by atoms with E-state index in [4.69, 9.17) is 11.6 Å². The van der Waals surface area contributed by atoms with Crippen molar-refractivity contribution in [3.63, 3.8) is 0 Å². The van der Waals surface area contributed by atoms with Crippen molar-refractivity contribution >= 4 is 42.3 Å². The Bertz CT molecular complexity index is 687. The summed E-state index contributed by atoms with van der Waals surface area (Å²) in [5.41, 5.74) is 3.07. The second kappa shape index (κ2) is 8.72. The third-order valence-electron chi connectivity index (χ3n) is 4.06. The van der Waals surface area contributed by atoms with Crippen LogP contribution in [0.4, 0.5) is 0 Å². The Morgan fingerprint density at radius 2 is 2.00 bits per heavy atom. The van der Waals surface area contributed by atoms with Crippen molar-refractivity contribution in [2.45, 2.75) is 25.9 Å². The molecule has 0 fully saturated rings. The van der Waals surface area contributed by atoms with E-state index >= 15 is 0 Å². The summed E-state index contributed by atoms with van der Waals surface area (Å²) < 4.78 is 0. The first kappa shape index (κ1) is 20.8. The van der Waals surface area contributed by atoms with Crippen LogP contribution in [-0.4, -0.2) is 40.4 Å². The minimum Gasteiger partial charge on any atom is -0.340 e. The molecule has 0 spiro atoms. The van der Waals surface area contributed by atoms with Crippen LogP contribution in [0.5, 0.6) is 0 Å². The van der Waals surface area contributed by atoms with Gasteiger partial charge in [-0.3, -0.25) is 4.79 Å². The first-order valence-corrected chi connectivity index (χ1v) is 7.76. The molecule has 1 aliphatic rings. The van der Waals surface area contributed by atoms with Crippen LogP contribution in [0.3, 0.4) is 0 Å². The molecule has 1 aromatic carbocycles. The molecule has 2 heterocycles. The Morgan fingerprint density at radius 3 is 2.62 bits per heavy atom. The van der Waals surface area contributed by atoms with Crippen LogP contribution in [0.1, 0.15) is 18.3 Å². The molecule has 2 N–H and O–H groups in total. The topological polar surface area (TPSA) is 61.0 Å². The van der Waals surface area contributed by atoms with Crippen LogP contribution in [0.2, 0.25) is 5.02 Å². The summed E-state index contributed by atoms with van der Waals surface area (Å²) in [6.07, 6.45) is 0.779. The molecule has 132 valence electrons. The lowest BCUT2D eigenvalue weighted by atomic mass is 10.1. The number of hydrogen-bond acceptors (Lipinski definition) is 3. The van der Waals surface area contributed by atoms with E-state index in [1.54, 1.807) is 7.05 Å². The maximum atomic E-state index is 12.3. The van der Waals surface area contributed by atoms with Crippen molar-refractivity contribution in [2.24, 2.45) is 0 Å². The zero-order valence-corrected chi connectivity index (χ0v) is 15.9. The minimum atomic E-state index is -0.166. The van der Waals surface area contributed by atoms with Gasteiger partial charge in [0, 0.05) is 23.6 Å². The second-order valence-electron chi connectivity index (χ2n) is 5.54. The number of imidazole rings is 1. The molecule has 3 rings (SSSR count). The molecule has 1 aliphatic heterocycles. The minimum absolute atomic E-state index is 0. The first-order valence-electron chi connectivity index (χ1n) is 7.38. The summed E-state index contributed by atoms with van der Waals surface area (Å²) in [5, 5.41) is 3.70. The molecule has 0 saturated carbocycles. The van der Waals surface area contributed by atoms with Gasteiger partial charge in [0.25, 0.3) is 0 Å². The quantitative estimate of drug-likeness (QED) is 0.845. The molecule has 0 aliphatic carbocycles. The number of benzene rings is 1. The highest BCUT2D eigenvalue weighted by molar-refractivity contribution is 6.30. The van der Waals surface area contributed by atoms with E-state index in [1.807, 2.05) is 36.1 Å². The number of nitrogens with zero attached hydrogens (tertiary/aromatic N) is 2. The van der Waals surface area contributed by atoms with E-state index in [2.05, 4.69) is 15.3 Å². The van der Waals surface area contributed by atoms with Gasteiger partial charge in [0.2, 0.25) is 5.91 Å². The van der Waals surface area contributed by atoms with E-state index in [1.165, 1.54) is 0 Å². The Labute approximate surface area is 159 Å². The third kappa shape index (κ3) is 4.22. The van der Waals surface area contributed by atoms with E-state index in [-0.39, 0.29) is 36.8 Å². The van der Waals surface area contributed by atoms with Crippen LogP contribution >= 0.6 is 36.4 Å². The molecule has 1 aromatic heterocycles. The number of carbonyl (C=O) groups is 1. The highest BCUT2D eigenvalue weighted by atomic mass is 35.5. The van der Waals surface area contributed by atoms with Gasteiger partial charge >= 0.3 is 0 Å². The summed E-state index contributed by atoms with van der Waals surface area (Å²) >= 11 is 5.92. The number of amides is 1. The monoisotopic (exact) mass is 390 g/mol. The number of carbonyl (C=O) groups excluding carboxylic acids is 1. The van der Waals surface area contributed by atoms with Gasteiger partial charge in [-0.2, -0.15) is 0 Å². The SMILES string of the molecule is CN[C@@H](C)C(=O)N1CCc2nc(-c3ccc(Cl)cc3)[nH]c2C1.Cl.Cl. The van der Waals surface area contributed by atoms with Crippen LogP contribution < -0.4 is 5.32 Å². The van der Waals surface area contributed by atoms with Gasteiger partial charge < -0.3 is 15.2 Å². The van der Waals surface area contributed by atoms with Crippen LogP contribution in [0, 0.1) is 0 Å². The Kier molecular flexibility index (Phi) is 7.55. The molecule has 1 atom stereocenters. The molecule has 5 nitrogen and oxygen atoms in total. The van der Waals surface area contributed by atoms with Crippen molar-refractivity contribution in [2.75, 3.05) is 13.6 Å². The lowest BCUT2D eigenvalue weighted by molar-refractivity contribution is -0.133. The molecule has 0 bridgehead atoms. The normalized spacial score (nSPS) is 14.2. The van der Waals surface area contributed by atoms with Crippen molar-refractivity contribution in [3.8, 4) is 11.4 Å². The highest BCUT2D eigenvalue weighted by Gasteiger charge is 2.26. The van der Waals surface area contributed by atoms with Gasteiger partial charge in [0.15, 0.2) is 0 Å². The number of nitrogens with one attached hydrogen (secondary N) is 2. The van der Waals surface area contributed by atoms with Crippen LogP contribution in [0.25, 0.3) is 11.4 Å². The largest absolute Gasteiger partial charge is 0.340 e. The molecular formula is C16H21Cl3N4O. The Balaban J connectivity index is 0.00000144. The number of fused-ring (bicyclic) bond motifs is 1. The van der Waals surface area contributed by atoms with Gasteiger partial charge in [-0.15, -0.1) is 24.8 Å². The summed E-state index contributed by atoms with van der Waals surface area (Å²) in [4.78, 5) is 22.1. The van der Waals surface area contributed by atoms with Crippen molar-refractivity contribution < 1.29 is 4.79 Å². The molecule has 2 aromatic rings. The third-order valence-corrected chi connectivity index (χ3v) is 4.32. The predicted octanol–water partition coefficient (Wildman–Crippen LogP) is 3.07. The average molecular weight is 392 g/mol. The zero-order valence-electron chi connectivity index (χ0n) is 13.5. The number of aromatic amines is 1. The van der Waals surface area contributed by atoms with Crippen LogP contribution in [-0.2, 0) is 17.8 Å². The van der Waals surface area contributed by atoms with Crippen molar-refractivity contribution in [1.82, 2.24) is 20.2 Å². The fourth-order valence-corrected chi connectivity index (χ4v) is 2.75. The molecule has 24 heavy (non-hydrogen) atoms. The average Bonchev–Trinajstić information content (AvgIpc) is 2.97. The summed E-state index contributed by atoms with van der Waals surface area (Å²) in [5.74, 6) is 0.952. The fourth-order valence-electron chi connectivity index (χ4n) is 2.62. The van der Waals surface area contributed by atoms with Gasteiger partial charge in [0.1, 0.15) is 5.82 Å². The van der Waals surface area contributed by atoms with E-state index in [9.17, 15) is 4.79 Å². The smallest absolute Gasteiger partial charge is 0.239 e. The Morgan fingerprint density at radius 1 is 1.33 bits per heavy atom. The summed E-state index contributed by atoms with van der Waals surface area (Å²) in [6, 6.07) is 7.42. The van der Waals surface area contributed by atoms with Gasteiger partial charge in [-0.25, -0.2) is 4.98 Å². The number of H-pyrrole nitrogens is 1. The lowest BCUT2D eigenvalue weighted by Gasteiger charge is -2.28. The summed E-state index contributed by atoms with van der Waals surface area (Å²) in [7, 11) is 1.80. The zero-order chi connectivity index (χ0) is 15.7. The number of aromatic nitrogens is 2. The van der Waals surface area contributed by atoms with Crippen molar-refractivity contribution in [1.29, 1.82) is 0 Å². The Hall–Kier alpha value is -1.27. The van der Waals surface area contributed by atoms with Gasteiger partial charge in [-0.1, -0.05) is 11.6 Å². The predicted molar refractivity (Wildman–Crippen MR) is 101 cm³/mol. The number of halogens is 3. The molecule has 0 saturated heterocycles.